The van der Waals surface area contributed by atoms with Gasteiger partial charge in [-0.15, -0.1) is 10.2 Å². The van der Waals surface area contributed by atoms with E-state index in [2.05, 4.69) is 15.5 Å². The van der Waals surface area contributed by atoms with Crippen LogP contribution in [0.1, 0.15) is 57.8 Å². The summed E-state index contributed by atoms with van der Waals surface area (Å²) in [6.45, 7) is 2.58. The van der Waals surface area contributed by atoms with E-state index in [0.29, 0.717) is 36.5 Å². The van der Waals surface area contributed by atoms with Crippen molar-refractivity contribution in [3.63, 3.8) is 0 Å². The smallest absolute Gasteiger partial charge is 0.277 e. The summed E-state index contributed by atoms with van der Waals surface area (Å²) in [6, 6.07) is 0.273. The van der Waals surface area contributed by atoms with Gasteiger partial charge < -0.3 is 14.6 Å². The first-order chi connectivity index (χ1) is 12.2. The van der Waals surface area contributed by atoms with E-state index in [0.717, 1.165) is 12.8 Å². The molecule has 1 aromatic rings. The quantitative estimate of drug-likeness (QED) is 0.613. The van der Waals surface area contributed by atoms with Crippen LogP contribution in [0.25, 0.3) is 0 Å². The predicted octanol–water partition coefficient (Wildman–Crippen LogP) is 2.16. The SMILES string of the molecule is CCc1nnc(SCC(=O)N[C@@H]2CC(=O)N(C3CCCCCC3)C2)o1. The first-order valence-corrected chi connectivity index (χ1v) is 10.2. The Morgan fingerprint density at radius 2 is 2.04 bits per heavy atom. The van der Waals surface area contributed by atoms with Gasteiger partial charge in [0, 0.05) is 25.4 Å². The maximum atomic E-state index is 12.3. The lowest BCUT2D eigenvalue weighted by Crippen LogP contribution is -2.41. The monoisotopic (exact) mass is 366 g/mol. The van der Waals surface area contributed by atoms with Gasteiger partial charge in [-0.05, 0) is 12.8 Å². The van der Waals surface area contributed by atoms with Crippen molar-refractivity contribution in [1.82, 2.24) is 20.4 Å². The van der Waals surface area contributed by atoms with Gasteiger partial charge in [-0.2, -0.15) is 0 Å². The minimum Gasteiger partial charge on any atom is -0.416 e. The summed E-state index contributed by atoms with van der Waals surface area (Å²) >= 11 is 1.23. The van der Waals surface area contributed by atoms with Crippen LogP contribution in [0.4, 0.5) is 0 Å². The van der Waals surface area contributed by atoms with Gasteiger partial charge in [0.15, 0.2) is 0 Å². The van der Waals surface area contributed by atoms with E-state index in [1.54, 1.807) is 0 Å². The average Bonchev–Trinajstić information content (AvgIpc) is 3.10. The van der Waals surface area contributed by atoms with Gasteiger partial charge in [0.05, 0.1) is 11.8 Å². The normalized spacial score (nSPS) is 22.2. The third kappa shape index (κ3) is 4.96. The Morgan fingerprint density at radius 3 is 2.72 bits per heavy atom. The second kappa shape index (κ2) is 8.69. The Bertz CT molecular complexity index is 598. The maximum Gasteiger partial charge on any atom is 0.277 e. The van der Waals surface area contributed by atoms with Gasteiger partial charge in [0.25, 0.3) is 5.22 Å². The van der Waals surface area contributed by atoms with Crippen molar-refractivity contribution < 1.29 is 14.0 Å². The molecule has 0 aromatic carbocycles. The number of nitrogens with one attached hydrogen (secondary N) is 1. The second-order valence-electron chi connectivity index (χ2n) is 6.76. The topological polar surface area (TPSA) is 88.3 Å². The zero-order chi connectivity index (χ0) is 17.6. The lowest BCUT2D eigenvalue weighted by Gasteiger charge is -2.27. The van der Waals surface area contributed by atoms with E-state index in [1.807, 2.05) is 11.8 Å². The number of nitrogens with zero attached hydrogens (tertiary/aromatic N) is 3. The molecule has 138 valence electrons. The molecule has 2 fully saturated rings. The number of hydrogen-bond donors (Lipinski definition) is 1. The molecule has 8 heteroatoms. The van der Waals surface area contributed by atoms with E-state index in [9.17, 15) is 9.59 Å². The number of hydrogen-bond acceptors (Lipinski definition) is 6. The molecule has 1 saturated carbocycles. The molecule has 2 amide bonds. The highest BCUT2D eigenvalue weighted by molar-refractivity contribution is 7.99. The van der Waals surface area contributed by atoms with E-state index in [-0.39, 0.29) is 23.6 Å². The molecule has 1 aliphatic carbocycles. The highest BCUT2D eigenvalue weighted by Crippen LogP contribution is 2.26. The number of aromatic nitrogens is 2. The lowest BCUT2D eigenvalue weighted by molar-refractivity contribution is -0.129. The molecule has 1 aliphatic heterocycles. The third-order valence-corrected chi connectivity index (χ3v) is 5.68. The summed E-state index contributed by atoms with van der Waals surface area (Å²) in [5.74, 6) is 0.874. The number of likely N-dealkylation sites (tertiary alicyclic amines) is 1. The van der Waals surface area contributed by atoms with Crippen LogP contribution in [-0.2, 0) is 16.0 Å². The predicted molar refractivity (Wildman–Crippen MR) is 94.2 cm³/mol. The summed E-state index contributed by atoms with van der Waals surface area (Å²) in [5, 5.41) is 11.1. The van der Waals surface area contributed by atoms with Crippen LogP contribution in [0.3, 0.4) is 0 Å². The van der Waals surface area contributed by atoms with Crippen molar-refractivity contribution in [3.8, 4) is 0 Å². The highest BCUT2D eigenvalue weighted by Gasteiger charge is 2.35. The van der Waals surface area contributed by atoms with Crippen LogP contribution in [0.2, 0.25) is 0 Å². The van der Waals surface area contributed by atoms with E-state index < -0.39 is 0 Å². The average molecular weight is 366 g/mol. The fourth-order valence-corrected chi connectivity index (χ4v) is 4.18. The van der Waals surface area contributed by atoms with Crippen molar-refractivity contribution in [2.24, 2.45) is 0 Å². The Balaban J connectivity index is 1.44. The molecule has 0 radical (unpaired) electrons. The zero-order valence-electron chi connectivity index (χ0n) is 14.7. The van der Waals surface area contributed by atoms with Crippen LogP contribution in [0, 0.1) is 0 Å². The Labute approximate surface area is 152 Å². The second-order valence-corrected chi connectivity index (χ2v) is 7.69. The molecule has 1 aromatic heterocycles. The molecule has 25 heavy (non-hydrogen) atoms. The number of rotatable bonds is 6. The Hall–Kier alpha value is -1.57. The van der Waals surface area contributed by atoms with E-state index in [1.165, 1.54) is 37.4 Å². The molecular formula is C17H26N4O3S. The molecule has 1 atom stereocenters. The van der Waals surface area contributed by atoms with Crippen LogP contribution < -0.4 is 5.32 Å². The summed E-state index contributed by atoms with van der Waals surface area (Å²) < 4.78 is 5.38. The number of aryl methyl sites for hydroxylation is 1. The van der Waals surface area contributed by atoms with Crippen LogP contribution >= 0.6 is 11.8 Å². The maximum absolute atomic E-state index is 12.3. The Morgan fingerprint density at radius 1 is 1.28 bits per heavy atom. The minimum atomic E-state index is -0.0956. The number of carbonyl (C=O) groups excluding carboxylic acids is 2. The van der Waals surface area contributed by atoms with Crippen molar-refractivity contribution in [1.29, 1.82) is 0 Å². The summed E-state index contributed by atoms with van der Waals surface area (Å²) in [6.07, 6.45) is 8.22. The first kappa shape index (κ1) is 18.2. The Kier molecular flexibility index (Phi) is 6.34. The number of thioether (sulfide) groups is 1. The third-order valence-electron chi connectivity index (χ3n) is 4.87. The molecule has 0 bridgehead atoms. The largest absolute Gasteiger partial charge is 0.416 e. The molecule has 0 spiro atoms. The van der Waals surface area contributed by atoms with Gasteiger partial charge in [-0.3, -0.25) is 9.59 Å². The summed E-state index contributed by atoms with van der Waals surface area (Å²) in [7, 11) is 0. The van der Waals surface area contributed by atoms with Crippen molar-refractivity contribution in [3.05, 3.63) is 5.89 Å². The molecular weight excluding hydrogens is 340 g/mol. The van der Waals surface area contributed by atoms with E-state index >= 15 is 0 Å². The standard InChI is InChI=1S/C17H26N4O3S/c1-2-15-19-20-17(24-15)25-11-14(22)18-12-9-16(23)21(10-12)13-7-5-3-4-6-8-13/h12-13H,2-11H2,1H3,(H,18,22)/t12-/m1/s1. The van der Waals surface area contributed by atoms with Gasteiger partial charge in [-0.1, -0.05) is 44.4 Å². The van der Waals surface area contributed by atoms with Crippen molar-refractivity contribution in [2.75, 3.05) is 12.3 Å². The molecule has 2 heterocycles. The molecule has 3 rings (SSSR count). The zero-order valence-corrected chi connectivity index (χ0v) is 15.5. The summed E-state index contributed by atoms with van der Waals surface area (Å²) in [4.78, 5) is 26.5. The fourth-order valence-electron chi connectivity index (χ4n) is 3.59. The molecule has 2 aliphatic rings. The molecule has 1 saturated heterocycles. The fraction of sp³-hybridized carbons (Fsp3) is 0.765. The number of carbonyl (C=O) groups is 2. The van der Waals surface area contributed by atoms with E-state index in [4.69, 9.17) is 4.42 Å². The van der Waals surface area contributed by atoms with Crippen molar-refractivity contribution >= 4 is 23.6 Å². The highest BCUT2D eigenvalue weighted by atomic mass is 32.2. The van der Waals surface area contributed by atoms with Crippen LogP contribution in [0.15, 0.2) is 9.64 Å². The van der Waals surface area contributed by atoms with Gasteiger partial charge >= 0.3 is 0 Å². The van der Waals surface area contributed by atoms with Crippen LogP contribution in [-0.4, -0.2) is 51.3 Å². The van der Waals surface area contributed by atoms with Crippen LogP contribution in [0.5, 0.6) is 0 Å². The molecule has 1 N–H and O–H groups in total. The first-order valence-electron chi connectivity index (χ1n) is 9.19. The minimum absolute atomic E-state index is 0.0854. The van der Waals surface area contributed by atoms with Gasteiger partial charge in [0.2, 0.25) is 17.7 Å². The van der Waals surface area contributed by atoms with Gasteiger partial charge in [0.1, 0.15) is 0 Å². The number of amides is 2. The molecule has 0 unspecified atom stereocenters. The van der Waals surface area contributed by atoms with Crippen molar-refractivity contribution in [2.45, 2.75) is 75.6 Å². The molecule has 7 nitrogen and oxygen atoms in total. The lowest BCUT2D eigenvalue weighted by atomic mass is 10.1. The van der Waals surface area contributed by atoms with Gasteiger partial charge in [-0.25, -0.2) is 0 Å². The summed E-state index contributed by atoms with van der Waals surface area (Å²) in [5.41, 5.74) is 0.